The molecule has 152 valence electrons. The van der Waals surface area contributed by atoms with E-state index in [0.29, 0.717) is 22.2 Å². The second kappa shape index (κ2) is 8.42. The molecule has 0 saturated heterocycles. The van der Waals surface area contributed by atoms with Crippen molar-refractivity contribution in [2.75, 3.05) is 13.6 Å². The summed E-state index contributed by atoms with van der Waals surface area (Å²) < 4.78 is 2.70. The number of carbonyl (C=O) groups is 1. The summed E-state index contributed by atoms with van der Waals surface area (Å²) in [5.74, 6) is -0.0519. The minimum Gasteiger partial charge on any atom is -0.342 e. The van der Waals surface area contributed by atoms with Crippen LogP contribution in [0.15, 0.2) is 65.3 Å². The number of nitrogens with zero attached hydrogens (tertiary/aromatic N) is 3. The fourth-order valence-electron chi connectivity index (χ4n) is 3.28. The van der Waals surface area contributed by atoms with E-state index in [-0.39, 0.29) is 5.91 Å². The van der Waals surface area contributed by atoms with Gasteiger partial charge in [0.1, 0.15) is 0 Å². The van der Waals surface area contributed by atoms with Gasteiger partial charge in [0.05, 0.1) is 21.4 Å². The van der Waals surface area contributed by atoms with E-state index in [4.69, 9.17) is 28.2 Å². The van der Waals surface area contributed by atoms with Crippen LogP contribution in [-0.2, 0) is 0 Å². The van der Waals surface area contributed by atoms with E-state index in [9.17, 15) is 4.79 Å². The Kier molecular flexibility index (Phi) is 5.87. The molecular weight excluding hydrogens is 485 g/mol. The number of aromatic nitrogens is 2. The van der Waals surface area contributed by atoms with Crippen molar-refractivity contribution in [3.63, 3.8) is 0 Å². The third kappa shape index (κ3) is 3.85. The maximum atomic E-state index is 12.8. The largest absolute Gasteiger partial charge is 0.342 e. The first-order valence-electron chi connectivity index (χ1n) is 9.38. The molecule has 2 aromatic carbocycles. The Balaban J connectivity index is 2.02. The maximum Gasteiger partial charge on any atom is 0.255 e. The van der Waals surface area contributed by atoms with Gasteiger partial charge in [-0.1, -0.05) is 47.5 Å². The van der Waals surface area contributed by atoms with Crippen molar-refractivity contribution in [3.8, 4) is 22.5 Å². The first kappa shape index (κ1) is 20.9. The van der Waals surface area contributed by atoms with Gasteiger partial charge in [-0.25, -0.2) is 4.98 Å². The van der Waals surface area contributed by atoms with E-state index < -0.39 is 0 Å². The van der Waals surface area contributed by atoms with Crippen LogP contribution in [-0.4, -0.2) is 33.8 Å². The number of benzene rings is 2. The molecule has 0 atom stereocenters. The molecule has 0 fully saturated rings. The number of hydrogen-bond acceptors (Lipinski definition) is 2. The summed E-state index contributed by atoms with van der Waals surface area (Å²) >= 11 is 15.8. The lowest BCUT2D eigenvalue weighted by atomic mass is 10.0. The maximum absolute atomic E-state index is 12.8. The Labute approximate surface area is 193 Å². The predicted molar refractivity (Wildman–Crippen MR) is 126 cm³/mol. The zero-order chi connectivity index (χ0) is 21.4. The highest BCUT2D eigenvalue weighted by molar-refractivity contribution is 9.10. The van der Waals surface area contributed by atoms with E-state index >= 15 is 0 Å². The molecule has 2 heterocycles. The van der Waals surface area contributed by atoms with E-state index in [1.54, 1.807) is 11.9 Å². The number of amides is 1. The molecule has 0 aliphatic rings. The Bertz CT molecular complexity index is 1230. The monoisotopic (exact) mass is 501 g/mol. The standard InChI is InChI=1S/C23H18BrCl2N3O/c1-3-28(2)23(30)16-12-19(24)22-27-20(14-4-8-17(25)9-5-14)21(29(22)13-16)15-6-10-18(26)11-7-15/h4-13H,3H2,1-2H3. The molecule has 4 nitrogen and oxygen atoms in total. The molecule has 4 rings (SSSR count). The van der Waals surface area contributed by atoms with Crippen LogP contribution in [0.3, 0.4) is 0 Å². The minimum atomic E-state index is -0.0519. The third-order valence-electron chi connectivity index (χ3n) is 4.98. The molecule has 30 heavy (non-hydrogen) atoms. The molecule has 4 aromatic rings. The van der Waals surface area contributed by atoms with Crippen molar-refractivity contribution in [1.29, 1.82) is 0 Å². The second-order valence-corrected chi connectivity index (χ2v) is 8.64. The number of rotatable bonds is 4. The van der Waals surface area contributed by atoms with Crippen LogP contribution in [0.5, 0.6) is 0 Å². The topological polar surface area (TPSA) is 37.6 Å². The summed E-state index contributed by atoms with van der Waals surface area (Å²) in [4.78, 5) is 19.4. The fraction of sp³-hybridized carbons (Fsp3) is 0.130. The van der Waals surface area contributed by atoms with Crippen LogP contribution >= 0.6 is 39.1 Å². The van der Waals surface area contributed by atoms with Gasteiger partial charge >= 0.3 is 0 Å². The lowest BCUT2D eigenvalue weighted by Gasteiger charge is -2.15. The van der Waals surface area contributed by atoms with Crippen molar-refractivity contribution in [2.24, 2.45) is 0 Å². The van der Waals surface area contributed by atoms with Gasteiger partial charge in [0.15, 0.2) is 5.65 Å². The van der Waals surface area contributed by atoms with Crippen molar-refractivity contribution in [3.05, 3.63) is 80.9 Å². The van der Waals surface area contributed by atoms with E-state index in [0.717, 1.165) is 32.6 Å². The van der Waals surface area contributed by atoms with Crippen molar-refractivity contribution in [1.82, 2.24) is 14.3 Å². The Morgan fingerprint density at radius 3 is 2.17 bits per heavy atom. The zero-order valence-corrected chi connectivity index (χ0v) is 19.5. The Morgan fingerprint density at radius 2 is 1.60 bits per heavy atom. The Hall–Kier alpha value is -2.34. The number of imidazole rings is 1. The molecule has 0 spiro atoms. The summed E-state index contributed by atoms with van der Waals surface area (Å²) in [5.41, 5.74) is 4.84. The van der Waals surface area contributed by atoms with Crippen LogP contribution in [0.25, 0.3) is 28.2 Å². The average Bonchev–Trinajstić information content (AvgIpc) is 3.13. The molecule has 0 N–H and O–H groups in total. The molecule has 0 bridgehead atoms. The molecular formula is C23H18BrCl2N3O. The third-order valence-corrected chi connectivity index (χ3v) is 6.07. The number of hydrogen-bond donors (Lipinski definition) is 0. The van der Waals surface area contributed by atoms with Gasteiger partial charge in [-0.2, -0.15) is 0 Å². The summed E-state index contributed by atoms with van der Waals surface area (Å²) in [6.45, 7) is 2.57. The van der Waals surface area contributed by atoms with Gasteiger partial charge in [0.25, 0.3) is 5.91 Å². The van der Waals surface area contributed by atoms with Crippen molar-refractivity contribution in [2.45, 2.75) is 6.92 Å². The van der Waals surface area contributed by atoms with Crippen molar-refractivity contribution < 1.29 is 4.79 Å². The van der Waals surface area contributed by atoms with Crippen LogP contribution in [0.2, 0.25) is 10.0 Å². The zero-order valence-electron chi connectivity index (χ0n) is 16.4. The van der Waals surface area contributed by atoms with Crippen LogP contribution in [0, 0.1) is 0 Å². The van der Waals surface area contributed by atoms with Crippen LogP contribution in [0.4, 0.5) is 0 Å². The minimum absolute atomic E-state index is 0.0519. The second-order valence-electron chi connectivity index (χ2n) is 6.91. The van der Waals surface area contributed by atoms with E-state index in [2.05, 4.69) is 15.9 Å². The van der Waals surface area contributed by atoms with Gasteiger partial charge in [-0.3, -0.25) is 9.20 Å². The summed E-state index contributed by atoms with van der Waals surface area (Å²) in [5, 5.41) is 1.31. The first-order chi connectivity index (χ1) is 14.4. The molecule has 0 aliphatic carbocycles. The van der Waals surface area contributed by atoms with E-state index in [1.165, 1.54) is 0 Å². The van der Waals surface area contributed by atoms with Gasteiger partial charge in [-0.05, 0) is 53.2 Å². The highest BCUT2D eigenvalue weighted by Crippen LogP contribution is 2.36. The SMILES string of the molecule is CCN(C)C(=O)c1cc(Br)c2nc(-c3ccc(Cl)cc3)c(-c3ccc(Cl)cc3)n2c1. The van der Waals surface area contributed by atoms with Gasteiger partial charge in [-0.15, -0.1) is 0 Å². The molecule has 0 saturated carbocycles. The summed E-state index contributed by atoms with van der Waals surface area (Å²) in [7, 11) is 1.79. The van der Waals surface area contributed by atoms with Gasteiger partial charge in [0, 0.05) is 41.0 Å². The highest BCUT2D eigenvalue weighted by Gasteiger charge is 2.20. The highest BCUT2D eigenvalue weighted by atomic mass is 79.9. The summed E-state index contributed by atoms with van der Waals surface area (Å²) in [6, 6.07) is 17.0. The molecule has 0 aliphatic heterocycles. The van der Waals surface area contributed by atoms with Gasteiger partial charge in [0.2, 0.25) is 0 Å². The quantitative estimate of drug-likeness (QED) is 0.306. The normalized spacial score (nSPS) is 11.1. The summed E-state index contributed by atoms with van der Waals surface area (Å²) in [6.07, 6.45) is 1.84. The average molecular weight is 503 g/mol. The lowest BCUT2D eigenvalue weighted by Crippen LogP contribution is -2.26. The number of pyridine rings is 1. The molecule has 0 radical (unpaired) electrons. The Morgan fingerprint density at radius 1 is 1.03 bits per heavy atom. The molecule has 1 amide bonds. The molecule has 2 aromatic heterocycles. The van der Waals surface area contributed by atoms with Crippen LogP contribution < -0.4 is 0 Å². The number of carbonyl (C=O) groups excluding carboxylic acids is 1. The number of halogens is 3. The van der Waals surface area contributed by atoms with Gasteiger partial charge < -0.3 is 4.90 Å². The molecule has 7 heteroatoms. The first-order valence-corrected chi connectivity index (χ1v) is 10.9. The number of fused-ring (bicyclic) bond motifs is 1. The fourth-order valence-corrected chi connectivity index (χ4v) is 4.06. The molecule has 0 unspecified atom stereocenters. The van der Waals surface area contributed by atoms with Crippen LogP contribution in [0.1, 0.15) is 17.3 Å². The van der Waals surface area contributed by atoms with E-state index in [1.807, 2.05) is 72.1 Å². The smallest absolute Gasteiger partial charge is 0.255 e. The van der Waals surface area contributed by atoms with Crippen molar-refractivity contribution >= 4 is 50.7 Å². The predicted octanol–water partition coefficient (Wildman–Crippen LogP) is 6.83. The lowest BCUT2D eigenvalue weighted by molar-refractivity contribution is 0.0802.